The van der Waals surface area contributed by atoms with E-state index in [0.29, 0.717) is 11.9 Å². The molecule has 0 bridgehead atoms. The highest BCUT2D eigenvalue weighted by Gasteiger charge is 2.24. The van der Waals surface area contributed by atoms with E-state index in [1.165, 1.54) is 6.42 Å². The molecular formula is C12H24ClNO2. The fourth-order valence-corrected chi connectivity index (χ4v) is 2.00. The van der Waals surface area contributed by atoms with Gasteiger partial charge in [0.2, 0.25) is 0 Å². The molecule has 1 heterocycles. The molecule has 0 aromatic carbocycles. The zero-order valence-corrected chi connectivity index (χ0v) is 11.2. The average molecular weight is 250 g/mol. The second kappa shape index (κ2) is 8.29. The first kappa shape index (κ1) is 14.2. The summed E-state index contributed by atoms with van der Waals surface area (Å²) in [6.45, 7) is 8.78. The van der Waals surface area contributed by atoms with Gasteiger partial charge in [-0.1, -0.05) is 13.3 Å². The first-order valence-corrected chi connectivity index (χ1v) is 6.80. The number of alkyl halides is 1. The molecule has 1 aliphatic rings. The summed E-state index contributed by atoms with van der Waals surface area (Å²) in [6, 6.07) is 0.481. The molecule has 3 nitrogen and oxygen atoms in total. The van der Waals surface area contributed by atoms with Gasteiger partial charge in [0.15, 0.2) is 0 Å². The molecule has 0 aromatic rings. The molecule has 0 aliphatic carbocycles. The highest BCUT2D eigenvalue weighted by atomic mass is 35.5. The Morgan fingerprint density at radius 3 is 2.94 bits per heavy atom. The molecule has 0 amide bonds. The summed E-state index contributed by atoms with van der Waals surface area (Å²) in [5, 5.41) is 0. The summed E-state index contributed by atoms with van der Waals surface area (Å²) in [5.41, 5.74) is 0. The summed E-state index contributed by atoms with van der Waals surface area (Å²) in [5.74, 6) is 0.583. The van der Waals surface area contributed by atoms with E-state index in [1.807, 2.05) is 0 Å². The molecular weight excluding hydrogens is 226 g/mol. The Morgan fingerprint density at radius 1 is 1.44 bits per heavy atom. The van der Waals surface area contributed by atoms with Crippen LogP contribution in [0.25, 0.3) is 0 Å². The first-order valence-electron chi connectivity index (χ1n) is 6.27. The smallest absolute Gasteiger partial charge is 0.0837 e. The van der Waals surface area contributed by atoms with Crippen molar-refractivity contribution in [3.63, 3.8) is 0 Å². The third-order valence-electron chi connectivity index (χ3n) is 2.97. The minimum absolute atomic E-state index is 0.188. The van der Waals surface area contributed by atoms with E-state index in [0.717, 1.165) is 39.3 Å². The van der Waals surface area contributed by atoms with Gasteiger partial charge >= 0.3 is 0 Å². The lowest BCUT2D eigenvalue weighted by molar-refractivity contribution is -0.0555. The van der Waals surface area contributed by atoms with E-state index in [9.17, 15) is 0 Å². The Kier molecular flexibility index (Phi) is 7.37. The number of nitrogens with zero attached hydrogens (tertiary/aromatic N) is 1. The summed E-state index contributed by atoms with van der Waals surface area (Å²) in [6.07, 6.45) is 2.54. The van der Waals surface area contributed by atoms with Crippen LogP contribution in [-0.4, -0.2) is 55.8 Å². The molecule has 1 fully saturated rings. The largest absolute Gasteiger partial charge is 0.380 e. The quantitative estimate of drug-likeness (QED) is 0.510. The average Bonchev–Trinajstić information content (AvgIpc) is 2.31. The standard InChI is InChI=1S/C12H24ClNO2/c1-3-4-6-15-7-5-14-9-12(8-13)16-10-11(14)2/h11-12H,3-10H2,1-2H3. The van der Waals surface area contributed by atoms with E-state index in [2.05, 4.69) is 18.7 Å². The van der Waals surface area contributed by atoms with Crippen LogP contribution in [0, 0.1) is 0 Å². The van der Waals surface area contributed by atoms with Gasteiger partial charge < -0.3 is 9.47 Å². The topological polar surface area (TPSA) is 21.7 Å². The van der Waals surface area contributed by atoms with Crippen molar-refractivity contribution in [2.24, 2.45) is 0 Å². The summed E-state index contributed by atoms with van der Waals surface area (Å²) < 4.78 is 11.2. The third-order valence-corrected chi connectivity index (χ3v) is 3.32. The maximum Gasteiger partial charge on any atom is 0.0837 e. The monoisotopic (exact) mass is 249 g/mol. The molecule has 1 saturated heterocycles. The molecule has 4 heteroatoms. The number of hydrogen-bond acceptors (Lipinski definition) is 3. The van der Waals surface area contributed by atoms with E-state index in [-0.39, 0.29) is 6.10 Å². The molecule has 0 saturated carbocycles. The SMILES string of the molecule is CCCCOCCN1CC(CCl)OCC1C. The Balaban J connectivity index is 2.13. The number of unbranched alkanes of at least 4 members (excludes halogenated alkanes) is 1. The van der Waals surface area contributed by atoms with E-state index >= 15 is 0 Å². The van der Waals surface area contributed by atoms with Crippen LogP contribution in [0.4, 0.5) is 0 Å². The van der Waals surface area contributed by atoms with Gasteiger partial charge in [-0.05, 0) is 13.3 Å². The maximum absolute atomic E-state index is 5.81. The van der Waals surface area contributed by atoms with Crippen molar-refractivity contribution in [1.29, 1.82) is 0 Å². The molecule has 0 N–H and O–H groups in total. The number of rotatable bonds is 7. The van der Waals surface area contributed by atoms with Crippen molar-refractivity contribution in [1.82, 2.24) is 4.90 Å². The van der Waals surface area contributed by atoms with Crippen molar-refractivity contribution in [3.8, 4) is 0 Å². The predicted molar refractivity (Wildman–Crippen MR) is 67.2 cm³/mol. The highest BCUT2D eigenvalue weighted by molar-refractivity contribution is 6.18. The minimum Gasteiger partial charge on any atom is -0.380 e. The van der Waals surface area contributed by atoms with Crippen LogP contribution in [0.3, 0.4) is 0 Å². The summed E-state index contributed by atoms with van der Waals surface area (Å²) in [4.78, 5) is 2.41. The lowest BCUT2D eigenvalue weighted by atomic mass is 10.2. The van der Waals surface area contributed by atoms with Gasteiger partial charge in [-0.2, -0.15) is 0 Å². The fourth-order valence-electron chi connectivity index (χ4n) is 1.81. The van der Waals surface area contributed by atoms with Crippen molar-refractivity contribution in [2.45, 2.75) is 38.8 Å². The normalized spacial score (nSPS) is 27.2. The van der Waals surface area contributed by atoms with Crippen LogP contribution < -0.4 is 0 Å². The number of halogens is 1. The molecule has 96 valence electrons. The Hall–Kier alpha value is 0.170. The minimum atomic E-state index is 0.188. The zero-order valence-electron chi connectivity index (χ0n) is 10.5. The van der Waals surface area contributed by atoms with Gasteiger partial charge in [0.1, 0.15) is 0 Å². The van der Waals surface area contributed by atoms with Gasteiger partial charge in [0.25, 0.3) is 0 Å². The summed E-state index contributed by atoms with van der Waals surface area (Å²) in [7, 11) is 0. The van der Waals surface area contributed by atoms with Crippen LogP contribution in [0.5, 0.6) is 0 Å². The van der Waals surface area contributed by atoms with Crippen molar-refractivity contribution in [3.05, 3.63) is 0 Å². The predicted octanol–water partition coefficient (Wildman–Crippen LogP) is 2.13. The van der Waals surface area contributed by atoms with Crippen LogP contribution >= 0.6 is 11.6 Å². The molecule has 0 spiro atoms. The number of hydrogen-bond donors (Lipinski definition) is 0. The fraction of sp³-hybridized carbons (Fsp3) is 1.00. The van der Waals surface area contributed by atoms with Gasteiger partial charge in [0, 0.05) is 31.6 Å². The van der Waals surface area contributed by atoms with Crippen molar-refractivity contribution < 1.29 is 9.47 Å². The van der Waals surface area contributed by atoms with Crippen LogP contribution in [-0.2, 0) is 9.47 Å². The number of morpholine rings is 1. The molecule has 1 rings (SSSR count). The van der Waals surface area contributed by atoms with Crippen LogP contribution in [0.1, 0.15) is 26.7 Å². The molecule has 2 unspecified atom stereocenters. The zero-order chi connectivity index (χ0) is 11.8. The highest BCUT2D eigenvalue weighted by Crippen LogP contribution is 2.12. The molecule has 2 atom stereocenters. The second-order valence-electron chi connectivity index (χ2n) is 4.42. The number of ether oxygens (including phenoxy) is 2. The maximum atomic E-state index is 5.81. The third kappa shape index (κ3) is 5.00. The van der Waals surface area contributed by atoms with Crippen molar-refractivity contribution in [2.75, 3.05) is 38.8 Å². The lowest BCUT2D eigenvalue weighted by Crippen LogP contribution is -2.49. The lowest BCUT2D eigenvalue weighted by Gasteiger charge is -2.37. The van der Waals surface area contributed by atoms with E-state index in [4.69, 9.17) is 21.1 Å². The van der Waals surface area contributed by atoms with Crippen LogP contribution in [0.2, 0.25) is 0 Å². The molecule has 0 aromatic heterocycles. The van der Waals surface area contributed by atoms with Crippen LogP contribution in [0.15, 0.2) is 0 Å². The Labute approximate surface area is 104 Å². The van der Waals surface area contributed by atoms with Gasteiger partial charge in [-0.3, -0.25) is 4.90 Å². The molecule has 1 aliphatic heterocycles. The van der Waals surface area contributed by atoms with Gasteiger partial charge in [-0.25, -0.2) is 0 Å². The molecule has 16 heavy (non-hydrogen) atoms. The first-order chi connectivity index (χ1) is 7.77. The van der Waals surface area contributed by atoms with E-state index < -0.39 is 0 Å². The van der Waals surface area contributed by atoms with Gasteiger partial charge in [0.05, 0.1) is 19.3 Å². The summed E-state index contributed by atoms with van der Waals surface area (Å²) >= 11 is 5.81. The van der Waals surface area contributed by atoms with Crippen molar-refractivity contribution >= 4 is 11.6 Å². The van der Waals surface area contributed by atoms with Gasteiger partial charge in [-0.15, -0.1) is 11.6 Å². The molecule has 0 radical (unpaired) electrons. The van der Waals surface area contributed by atoms with E-state index in [1.54, 1.807) is 0 Å². The second-order valence-corrected chi connectivity index (χ2v) is 4.73. The Morgan fingerprint density at radius 2 is 2.25 bits per heavy atom. The Bertz CT molecular complexity index is 180.